The minimum absolute atomic E-state index is 0.483. The second kappa shape index (κ2) is 6.50. The Hall–Kier alpha value is -0.860. The van der Waals surface area contributed by atoms with E-state index in [0.29, 0.717) is 23.6 Å². The van der Waals surface area contributed by atoms with E-state index in [1.807, 2.05) is 0 Å². The van der Waals surface area contributed by atoms with Gasteiger partial charge in [0.05, 0.1) is 6.10 Å². The van der Waals surface area contributed by atoms with Gasteiger partial charge in [-0.25, -0.2) is 0 Å². The van der Waals surface area contributed by atoms with E-state index in [9.17, 15) is 0 Å². The number of nitrogens with one attached hydrogen (secondary N) is 1. The van der Waals surface area contributed by atoms with E-state index in [2.05, 4.69) is 49.5 Å². The summed E-state index contributed by atoms with van der Waals surface area (Å²) in [7, 11) is 0. The van der Waals surface area contributed by atoms with Crippen molar-refractivity contribution in [3.8, 4) is 0 Å². The minimum atomic E-state index is 0.483. The van der Waals surface area contributed by atoms with Crippen LogP contribution in [0.4, 0.5) is 0 Å². The number of aryl methyl sites for hydroxylation is 1. The number of hydrogen-bond acceptors (Lipinski definition) is 2. The van der Waals surface area contributed by atoms with Gasteiger partial charge < -0.3 is 10.1 Å². The molecule has 116 valence electrons. The Morgan fingerprint density at radius 2 is 2.05 bits per heavy atom. The van der Waals surface area contributed by atoms with Crippen molar-refractivity contribution < 1.29 is 4.74 Å². The smallest absolute Gasteiger partial charge is 0.0661 e. The lowest BCUT2D eigenvalue weighted by molar-refractivity contribution is -0.174. The number of hydrogen-bond donors (Lipinski definition) is 1. The molecule has 3 rings (SSSR count). The molecule has 2 nitrogen and oxygen atoms in total. The molecule has 0 aromatic heterocycles. The Bertz CT molecular complexity index is 440. The zero-order valence-corrected chi connectivity index (χ0v) is 13.5. The average molecular weight is 287 g/mol. The first-order valence-electron chi connectivity index (χ1n) is 8.66. The molecule has 1 aromatic rings. The van der Waals surface area contributed by atoms with Gasteiger partial charge in [-0.3, -0.25) is 0 Å². The summed E-state index contributed by atoms with van der Waals surface area (Å²) < 4.78 is 5.94. The summed E-state index contributed by atoms with van der Waals surface area (Å²) in [4.78, 5) is 0. The summed E-state index contributed by atoms with van der Waals surface area (Å²) in [6, 6.07) is 12.1. The first-order chi connectivity index (χ1) is 10.2. The molecule has 1 aromatic carbocycles. The molecule has 0 radical (unpaired) electrons. The number of rotatable bonds is 7. The summed E-state index contributed by atoms with van der Waals surface area (Å²) in [5.41, 5.74) is 1.93. The van der Waals surface area contributed by atoms with E-state index >= 15 is 0 Å². The standard InChI is InChI=1S/C19H29NO/c1-3-21-18-14-17(19(18)12-7-13-19)20-15(2)10-11-16-8-5-4-6-9-16/h4-6,8-9,15,17-18,20H,3,7,10-14H2,1-2H3. The molecule has 1 N–H and O–H groups in total. The maximum Gasteiger partial charge on any atom is 0.0661 e. The van der Waals surface area contributed by atoms with Gasteiger partial charge in [0.2, 0.25) is 0 Å². The zero-order valence-electron chi connectivity index (χ0n) is 13.5. The summed E-state index contributed by atoms with van der Waals surface area (Å²) in [5.74, 6) is 0. The van der Waals surface area contributed by atoms with Crippen LogP contribution in [0.5, 0.6) is 0 Å². The monoisotopic (exact) mass is 287 g/mol. The van der Waals surface area contributed by atoms with Crippen LogP contribution in [-0.4, -0.2) is 24.8 Å². The number of ether oxygens (including phenoxy) is 1. The van der Waals surface area contributed by atoms with Crippen LogP contribution in [0.2, 0.25) is 0 Å². The highest BCUT2D eigenvalue weighted by Crippen LogP contribution is 2.57. The maximum atomic E-state index is 5.94. The van der Waals surface area contributed by atoms with E-state index < -0.39 is 0 Å². The summed E-state index contributed by atoms with van der Waals surface area (Å²) >= 11 is 0. The van der Waals surface area contributed by atoms with Gasteiger partial charge in [-0.15, -0.1) is 0 Å². The Balaban J connectivity index is 1.46. The van der Waals surface area contributed by atoms with Crippen LogP contribution in [0.1, 0.15) is 51.5 Å². The highest BCUT2D eigenvalue weighted by Gasteiger charge is 2.58. The van der Waals surface area contributed by atoms with Crippen molar-refractivity contribution in [3.63, 3.8) is 0 Å². The van der Waals surface area contributed by atoms with Crippen molar-refractivity contribution >= 4 is 0 Å². The lowest BCUT2D eigenvalue weighted by Gasteiger charge is -2.61. The maximum absolute atomic E-state index is 5.94. The second-order valence-electron chi connectivity index (χ2n) is 6.91. The fourth-order valence-corrected chi connectivity index (χ4v) is 4.13. The van der Waals surface area contributed by atoms with Gasteiger partial charge in [-0.2, -0.15) is 0 Å². The van der Waals surface area contributed by atoms with Crippen LogP contribution in [-0.2, 0) is 11.2 Å². The van der Waals surface area contributed by atoms with Gasteiger partial charge in [0, 0.05) is 24.1 Å². The van der Waals surface area contributed by atoms with Crippen molar-refractivity contribution in [2.24, 2.45) is 5.41 Å². The molecule has 21 heavy (non-hydrogen) atoms. The normalized spacial score (nSPS) is 27.9. The SMILES string of the molecule is CCOC1CC(NC(C)CCc2ccccc2)C12CCC2. The molecule has 3 atom stereocenters. The summed E-state index contributed by atoms with van der Waals surface area (Å²) in [6.45, 7) is 5.32. The van der Waals surface area contributed by atoms with Crippen LogP contribution in [0, 0.1) is 5.41 Å². The van der Waals surface area contributed by atoms with Crippen molar-refractivity contribution in [1.82, 2.24) is 5.32 Å². The molecule has 2 heteroatoms. The summed E-state index contributed by atoms with van der Waals surface area (Å²) in [5, 5.41) is 3.89. The van der Waals surface area contributed by atoms with Crippen molar-refractivity contribution in [1.29, 1.82) is 0 Å². The summed E-state index contributed by atoms with van der Waals surface area (Å²) in [6.07, 6.45) is 8.24. The quantitative estimate of drug-likeness (QED) is 0.820. The Morgan fingerprint density at radius 3 is 2.67 bits per heavy atom. The number of benzene rings is 1. The van der Waals surface area contributed by atoms with E-state index in [0.717, 1.165) is 6.61 Å². The van der Waals surface area contributed by atoms with Crippen LogP contribution in [0.3, 0.4) is 0 Å². The third kappa shape index (κ3) is 3.02. The average Bonchev–Trinajstić information content (AvgIpc) is 2.43. The molecule has 2 aliphatic rings. The van der Waals surface area contributed by atoms with Gasteiger partial charge in [0.15, 0.2) is 0 Å². The lowest BCUT2D eigenvalue weighted by Crippen LogP contribution is -2.68. The third-order valence-electron chi connectivity index (χ3n) is 5.63. The Labute approximate surface area is 129 Å². The van der Waals surface area contributed by atoms with Gasteiger partial charge >= 0.3 is 0 Å². The van der Waals surface area contributed by atoms with Gasteiger partial charge in [-0.05, 0) is 51.5 Å². The van der Waals surface area contributed by atoms with Gasteiger partial charge in [0.25, 0.3) is 0 Å². The van der Waals surface area contributed by atoms with Crippen LogP contribution in [0.15, 0.2) is 30.3 Å². The first kappa shape index (κ1) is 15.1. The van der Waals surface area contributed by atoms with Crippen molar-refractivity contribution in [2.75, 3.05) is 6.61 Å². The molecule has 2 fully saturated rings. The molecular formula is C19H29NO. The molecular weight excluding hydrogens is 258 g/mol. The van der Waals surface area contributed by atoms with E-state index in [1.165, 1.54) is 44.1 Å². The molecule has 3 unspecified atom stereocenters. The highest BCUT2D eigenvalue weighted by molar-refractivity contribution is 5.15. The molecule has 0 aliphatic heterocycles. The van der Waals surface area contributed by atoms with Gasteiger partial charge in [-0.1, -0.05) is 36.8 Å². The molecule has 0 saturated heterocycles. The Morgan fingerprint density at radius 1 is 1.29 bits per heavy atom. The zero-order chi connectivity index (χ0) is 14.7. The minimum Gasteiger partial charge on any atom is -0.378 e. The fourth-order valence-electron chi connectivity index (χ4n) is 4.13. The van der Waals surface area contributed by atoms with E-state index in [-0.39, 0.29) is 0 Å². The molecule has 0 amide bonds. The van der Waals surface area contributed by atoms with Crippen LogP contribution in [0.25, 0.3) is 0 Å². The molecule has 0 heterocycles. The lowest BCUT2D eigenvalue weighted by atomic mass is 9.51. The molecule has 1 spiro atoms. The van der Waals surface area contributed by atoms with Crippen LogP contribution >= 0.6 is 0 Å². The third-order valence-corrected chi connectivity index (χ3v) is 5.63. The fraction of sp³-hybridized carbons (Fsp3) is 0.684. The molecule has 0 bridgehead atoms. The molecule has 2 saturated carbocycles. The van der Waals surface area contributed by atoms with Crippen molar-refractivity contribution in [2.45, 2.75) is 70.6 Å². The van der Waals surface area contributed by atoms with Gasteiger partial charge in [0.1, 0.15) is 0 Å². The van der Waals surface area contributed by atoms with Crippen molar-refractivity contribution in [3.05, 3.63) is 35.9 Å². The second-order valence-corrected chi connectivity index (χ2v) is 6.91. The topological polar surface area (TPSA) is 21.3 Å². The first-order valence-corrected chi connectivity index (χ1v) is 8.66. The predicted octanol–water partition coefficient (Wildman–Crippen LogP) is 3.95. The Kier molecular flexibility index (Phi) is 4.66. The predicted molar refractivity (Wildman–Crippen MR) is 87.5 cm³/mol. The highest BCUT2D eigenvalue weighted by atomic mass is 16.5. The largest absolute Gasteiger partial charge is 0.378 e. The van der Waals surface area contributed by atoms with E-state index in [4.69, 9.17) is 4.74 Å². The van der Waals surface area contributed by atoms with Crippen LogP contribution < -0.4 is 5.32 Å². The molecule has 2 aliphatic carbocycles. The van der Waals surface area contributed by atoms with E-state index in [1.54, 1.807) is 0 Å².